The van der Waals surface area contributed by atoms with Crippen LogP contribution < -0.4 is 0 Å². The van der Waals surface area contributed by atoms with Crippen molar-refractivity contribution in [1.82, 2.24) is 0 Å². The van der Waals surface area contributed by atoms with Gasteiger partial charge in [-0.25, -0.2) is 0 Å². The number of unbranched alkanes of at least 4 members (excludes halogenated alkanes) is 13. The Morgan fingerprint density at radius 2 is 1.00 bits per heavy atom. The van der Waals surface area contributed by atoms with Gasteiger partial charge < -0.3 is 9.47 Å². The summed E-state index contributed by atoms with van der Waals surface area (Å²) < 4.78 is 11.0. The third kappa shape index (κ3) is 20.2. The van der Waals surface area contributed by atoms with E-state index in [1.165, 1.54) is 64.2 Å². The summed E-state index contributed by atoms with van der Waals surface area (Å²) in [5, 5.41) is 0. The fourth-order valence-corrected chi connectivity index (χ4v) is 3.56. The molecule has 0 aliphatic heterocycles. The van der Waals surface area contributed by atoms with Crippen LogP contribution in [0.5, 0.6) is 0 Å². The first kappa shape index (κ1) is 28.9. The van der Waals surface area contributed by atoms with Crippen LogP contribution in [0, 0.1) is 0 Å². The lowest BCUT2D eigenvalue weighted by Gasteiger charge is -2.18. The SMILES string of the molecule is CCCCCCCCCC(=O)OCC(CCCC)OC(=O)CCCCCCCCC. The van der Waals surface area contributed by atoms with Crippen LogP contribution in [-0.4, -0.2) is 24.6 Å². The summed E-state index contributed by atoms with van der Waals surface area (Å²) in [4.78, 5) is 24.2. The number of rotatable bonds is 22. The molecule has 0 aromatic rings. The van der Waals surface area contributed by atoms with Crippen molar-refractivity contribution in [3.63, 3.8) is 0 Å². The molecule has 30 heavy (non-hydrogen) atoms. The van der Waals surface area contributed by atoms with E-state index in [2.05, 4.69) is 20.8 Å². The Morgan fingerprint density at radius 1 is 0.567 bits per heavy atom. The molecule has 0 radical (unpaired) electrons. The molecule has 0 aromatic carbocycles. The molecule has 0 N–H and O–H groups in total. The van der Waals surface area contributed by atoms with Crippen molar-refractivity contribution in [3.05, 3.63) is 0 Å². The van der Waals surface area contributed by atoms with Gasteiger partial charge in [0, 0.05) is 12.8 Å². The van der Waals surface area contributed by atoms with E-state index in [0.29, 0.717) is 12.8 Å². The summed E-state index contributed by atoms with van der Waals surface area (Å²) in [5.41, 5.74) is 0. The van der Waals surface area contributed by atoms with Gasteiger partial charge in [0.15, 0.2) is 0 Å². The summed E-state index contributed by atoms with van der Waals surface area (Å²) in [5.74, 6) is -0.305. The van der Waals surface area contributed by atoms with Crippen LogP contribution in [0.4, 0.5) is 0 Å². The molecule has 1 unspecified atom stereocenters. The molecule has 0 amide bonds. The number of hydrogen-bond donors (Lipinski definition) is 0. The Morgan fingerprint density at radius 3 is 1.50 bits per heavy atom. The highest BCUT2D eigenvalue weighted by atomic mass is 16.6. The molecule has 0 saturated heterocycles. The molecule has 0 heterocycles. The second-order valence-corrected chi connectivity index (χ2v) is 8.68. The summed E-state index contributed by atoms with van der Waals surface area (Å²) >= 11 is 0. The Hall–Kier alpha value is -1.06. The van der Waals surface area contributed by atoms with Crippen LogP contribution in [0.2, 0.25) is 0 Å². The van der Waals surface area contributed by atoms with E-state index < -0.39 is 0 Å². The van der Waals surface area contributed by atoms with E-state index in [9.17, 15) is 9.59 Å². The molecule has 0 spiro atoms. The lowest BCUT2D eigenvalue weighted by atomic mass is 10.1. The van der Waals surface area contributed by atoms with Crippen molar-refractivity contribution in [1.29, 1.82) is 0 Å². The fourth-order valence-electron chi connectivity index (χ4n) is 3.56. The highest BCUT2D eigenvalue weighted by Gasteiger charge is 2.16. The van der Waals surface area contributed by atoms with Crippen LogP contribution in [0.15, 0.2) is 0 Å². The fraction of sp³-hybridized carbons (Fsp3) is 0.923. The van der Waals surface area contributed by atoms with Crippen LogP contribution in [0.3, 0.4) is 0 Å². The van der Waals surface area contributed by atoms with Gasteiger partial charge >= 0.3 is 11.9 Å². The molecular formula is C26H50O4. The first-order chi connectivity index (χ1) is 14.6. The van der Waals surface area contributed by atoms with Crippen molar-refractivity contribution in [2.24, 2.45) is 0 Å². The van der Waals surface area contributed by atoms with Gasteiger partial charge in [-0.05, 0) is 25.7 Å². The summed E-state index contributed by atoms with van der Waals surface area (Å²) in [6.07, 6.45) is 20.0. The highest BCUT2D eigenvalue weighted by molar-refractivity contribution is 5.70. The van der Waals surface area contributed by atoms with Gasteiger partial charge in [0.1, 0.15) is 12.7 Å². The van der Waals surface area contributed by atoms with Crippen molar-refractivity contribution in [3.8, 4) is 0 Å². The largest absolute Gasteiger partial charge is 0.462 e. The third-order valence-electron chi connectivity index (χ3n) is 5.58. The number of carbonyl (C=O) groups excluding carboxylic acids is 2. The Bertz CT molecular complexity index is 394. The maximum atomic E-state index is 12.2. The number of esters is 2. The van der Waals surface area contributed by atoms with E-state index in [-0.39, 0.29) is 24.6 Å². The maximum absolute atomic E-state index is 12.2. The van der Waals surface area contributed by atoms with Gasteiger partial charge in [0.05, 0.1) is 0 Å². The summed E-state index contributed by atoms with van der Waals surface area (Å²) in [6, 6.07) is 0. The summed E-state index contributed by atoms with van der Waals surface area (Å²) in [7, 11) is 0. The van der Waals surface area contributed by atoms with Gasteiger partial charge in [-0.2, -0.15) is 0 Å². The molecule has 0 aliphatic carbocycles. The van der Waals surface area contributed by atoms with Crippen molar-refractivity contribution < 1.29 is 19.1 Å². The number of carbonyl (C=O) groups is 2. The predicted molar refractivity (Wildman–Crippen MR) is 126 cm³/mol. The summed E-state index contributed by atoms with van der Waals surface area (Å²) in [6.45, 7) is 6.76. The molecule has 0 saturated carbocycles. The van der Waals surface area contributed by atoms with Crippen LogP contribution in [0.25, 0.3) is 0 Å². The van der Waals surface area contributed by atoms with Gasteiger partial charge in [-0.3, -0.25) is 9.59 Å². The second kappa shape index (κ2) is 22.6. The predicted octanol–water partition coefficient (Wildman–Crippen LogP) is 7.91. The minimum atomic E-state index is -0.292. The van der Waals surface area contributed by atoms with Crippen molar-refractivity contribution >= 4 is 11.9 Å². The highest BCUT2D eigenvalue weighted by Crippen LogP contribution is 2.13. The normalized spacial score (nSPS) is 12.0. The second-order valence-electron chi connectivity index (χ2n) is 8.68. The Kier molecular flexibility index (Phi) is 21.8. The third-order valence-corrected chi connectivity index (χ3v) is 5.58. The topological polar surface area (TPSA) is 52.6 Å². The zero-order valence-corrected chi connectivity index (χ0v) is 20.4. The number of hydrogen-bond acceptors (Lipinski definition) is 4. The van der Waals surface area contributed by atoms with E-state index in [4.69, 9.17) is 9.47 Å². The molecule has 4 heteroatoms. The lowest BCUT2D eigenvalue weighted by molar-refractivity contribution is -0.159. The average molecular weight is 427 g/mol. The molecule has 1 atom stereocenters. The lowest BCUT2D eigenvalue weighted by Crippen LogP contribution is -2.25. The van der Waals surface area contributed by atoms with Gasteiger partial charge in [0.25, 0.3) is 0 Å². The van der Waals surface area contributed by atoms with Crippen molar-refractivity contribution in [2.75, 3.05) is 6.61 Å². The van der Waals surface area contributed by atoms with Crippen molar-refractivity contribution in [2.45, 2.75) is 149 Å². The molecule has 0 rings (SSSR count). The molecule has 0 fully saturated rings. The van der Waals surface area contributed by atoms with E-state index in [1.807, 2.05) is 0 Å². The molecular weight excluding hydrogens is 376 g/mol. The average Bonchev–Trinajstić information content (AvgIpc) is 2.74. The molecule has 0 aromatic heterocycles. The standard InChI is InChI=1S/C26H50O4/c1-4-7-10-12-14-16-18-21-25(27)29-23-24(20-9-6-3)30-26(28)22-19-17-15-13-11-8-5-2/h24H,4-23H2,1-3H3. The minimum Gasteiger partial charge on any atom is -0.462 e. The van der Waals surface area contributed by atoms with E-state index >= 15 is 0 Å². The monoisotopic (exact) mass is 426 g/mol. The van der Waals surface area contributed by atoms with Gasteiger partial charge in [-0.1, -0.05) is 104 Å². The zero-order valence-electron chi connectivity index (χ0n) is 20.4. The van der Waals surface area contributed by atoms with Crippen LogP contribution in [-0.2, 0) is 19.1 Å². The smallest absolute Gasteiger partial charge is 0.306 e. The van der Waals surface area contributed by atoms with Crippen LogP contribution in [0.1, 0.15) is 143 Å². The van der Waals surface area contributed by atoms with Gasteiger partial charge in [-0.15, -0.1) is 0 Å². The zero-order chi connectivity index (χ0) is 22.3. The van der Waals surface area contributed by atoms with E-state index in [1.54, 1.807) is 0 Å². The van der Waals surface area contributed by atoms with E-state index in [0.717, 1.165) is 44.9 Å². The molecule has 0 bridgehead atoms. The number of ether oxygens (including phenoxy) is 2. The minimum absolute atomic E-state index is 0.146. The first-order valence-electron chi connectivity index (χ1n) is 13.0. The Labute approximate surface area is 186 Å². The maximum Gasteiger partial charge on any atom is 0.306 e. The first-order valence-corrected chi connectivity index (χ1v) is 13.0. The van der Waals surface area contributed by atoms with Gasteiger partial charge in [0.2, 0.25) is 0 Å². The quantitative estimate of drug-likeness (QED) is 0.130. The molecule has 178 valence electrons. The van der Waals surface area contributed by atoms with Crippen LogP contribution >= 0.6 is 0 Å². The molecule has 4 nitrogen and oxygen atoms in total. The Balaban J connectivity index is 3.91. The molecule has 0 aliphatic rings.